The van der Waals surface area contributed by atoms with E-state index >= 15 is 0 Å². The van der Waals surface area contributed by atoms with Gasteiger partial charge in [-0.25, -0.2) is 0 Å². The minimum atomic E-state index is 0.248. The van der Waals surface area contributed by atoms with E-state index in [0.717, 1.165) is 31.1 Å². The summed E-state index contributed by atoms with van der Waals surface area (Å²) < 4.78 is 0. The molecule has 0 N–H and O–H groups in total. The molecular weight excluding hydrogens is 342 g/mol. The maximum atomic E-state index is 6.11. The van der Waals surface area contributed by atoms with Crippen molar-refractivity contribution < 1.29 is 0 Å². The number of benzene rings is 2. The van der Waals surface area contributed by atoms with E-state index in [1.807, 2.05) is 12.1 Å². The zero-order chi connectivity index (χ0) is 18.5. The lowest BCUT2D eigenvalue weighted by atomic mass is 9.84. The van der Waals surface area contributed by atoms with Crippen LogP contribution < -0.4 is 0 Å². The topological polar surface area (TPSA) is 18.8 Å². The zero-order valence-electron chi connectivity index (χ0n) is 15.9. The Morgan fingerprint density at radius 2 is 1.65 bits per heavy atom. The van der Waals surface area contributed by atoms with Crippen molar-refractivity contribution in [1.29, 1.82) is 0 Å². The summed E-state index contributed by atoms with van der Waals surface area (Å²) in [4.78, 5) is 2.49. The molecule has 3 nitrogen and oxygen atoms in total. The summed E-state index contributed by atoms with van der Waals surface area (Å²) >= 11 is 6.11. The van der Waals surface area contributed by atoms with Crippen molar-refractivity contribution in [3.63, 3.8) is 0 Å². The van der Waals surface area contributed by atoms with Gasteiger partial charge >= 0.3 is 0 Å². The quantitative estimate of drug-likeness (QED) is 0.677. The number of nitrogens with zero attached hydrogens (tertiary/aromatic N) is 3. The lowest BCUT2D eigenvalue weighted by Gasteiger charge is -2.28. The van der Waals surface area contributed by atoms with Gasteiger partial charge in [0.25, 0.3) is 0 Å². The van der Waals surface area contributed by atoms with Crippen LogP contribution in [0.2, 0.25) is 5.02 Å². The SMILES string of the molecule is CCN(CC)CCC1C(c2ccccc2)=NN(C)[C@@H]1c1ccc(Cl)cc1. The zero-order valence-corrected chi connectivity index (χ0v) is 16.7. The number of rotatable bonds is 7. The molecule has 1 unspecified atom stereocenters. The maximum absolute atomic E-state index is 6.11. The summed E-state index contributed by atoms with van der Waals surface area (Å²) in [5.41, 5.74) is 3.69. The van der Waals surface area contributed by atoms with E-state index in [2.05, 4.69) is 73.3 Å². The molecule has 0 saturated heterocycles. The van der Waals surface area contributed by atoms with E-state index in [1.54, 1.807) is 0 Å². The van der Waals surface area contributed by atoms with Crippen LogP contribution in [0.5, 0.6) is 0 Å². The van der Waals surface area contributed by atoms with Crippen molar-refractivity contribution in [3.05, 3.63) is 70.7 Å². The first-order chi connectivity index (χ1) is 12.6. The smallest absolute Gasteiger partial charge is 0.0801 e. The van der Waals surface area contributed by atoms with Gasteiger partial charge in [-0.05, 0) is 49.3 Å². The molecule has 0 radical (unpaired) electrons. The highest BCUT2D eigenvalue weighted by molar-refractivity contribution is 6.30. The van der Waals surface area contributed by atoms with Gasteiger partial charge in [-0.2, -0.15) is 5.10 Å². The second kappa shape index (κ2) is 8.70. The lowest BCUT2D eigenvalue weighted by Crippen LogP contribution is -2.30. The van der Waals surface area contributed by atoms with Crippen LogP contribution in [0, 0.1) is 5.92 Å². The van der Waals surface area contributed by atoms with Crippen LogP contribution in [0.1, 0.15) is 37.4 Å². The molecule has 3 rings (SSSR count). The van der Waals surface area contributed by atoms with Crippen molar-refractivity contribution >= 4 is 17.3 Å². The minimum Gasteiger partial charge on any atom is -0.304 e. The van der Waals surface area contributed by atoms with Crippen molar-refractivity contribution in [3.8, 4) is 0 Å². The van der Waals surface area contributed by atoms with Gasteiger partial charge in [0, 0.05) is 18.0 Å². The summed E-state index contributed by atoms with van der Waals surface area (Å²) in [5, 5.41) is 7.85. The molecule has 26 heavy (non-hydrogen) atoms. The molecular formula is C22H28ClN3. The molecule has 0 saturated carbocycles. The summed E-state index contributed by atoms with van der Waals surface area (Å²) in [6, 6.07) is 19.1. The minimum absolute atomic E-state index is 0.248. The fourth-order valence-electron chi connectivity index (χ4n) is 3.86. The molecule has 1 heterocycles. The predicted molar refractivity (Wildman–Crippen MR) is 111 cm³/mol. The third kappa shape index (κ3) is 4.11. The summed E-state index contributed by atoms with van der Waals surface area (Å²) in [6.07, 6.45) is 1.09. The molecule has 138 valence electrons. The third-order valence-corrected chi connectivity index (χ3v) is 5.58. The van der Waals surface area contributed by atoms with Gasteiger partial charge in [-0.3, -0.25) is 5.01 Å². The van der Waals surface area contributed by atoms with Crippen LogP contribution in [0.4, 0.5) is 0 Å². The highest BCUT2D eigenvalue weighted by atomic mass is 35.5. The Morgan fingerprint density at radius 1 is 1.00 bits per heavy atom. The normalized spacial score (nSPS) is 19.9. The van der Waals surface area contributed by atoms with Crippen LogP contribution in [-0.2, 0) is 0 Å². The van der Waals surface area contributed by atoms with E-state index in [4.69, 9.17) is 16.7 Å². The van der Waals surface area contributed by atoms with E-state index in [9.17, 15) is 0 Å². The van der Waals surface area contributed by atoms with Gasteiger partial charge in [-0.1, -0.05) is 67.9 Å². The average Bonchev–Trinajstić information content (AvgIpc) is 3.00. The van der Waals surface area contributed by atoms with Crippen LogP contribution in [-0.4, -0.2) is 42.3 Å². The highest BCUT2D eigenvalue weighted by Crippen LogP contribution is 2.38. The van der Waals surface area contributed by atoms with Gasteiger partial charge in [0.2, 0.25) is 0 Å². The molecule has 1 aliphatic heterocycles. The first kappa shape index (κ1) is 18.9. The highest BCUT2D eigenvalue weighted by Gasteiger charge is 2.37. The summed E-state index contributed by atoms with van der Waals surface area (Å²) in [5.74, 6) is 0.365. The molecule has 0 fully saturated rings. The molecule has 4 heteroatoms. The third-order valence-electron chi connectivity index (χ3n) is 5.33. The predicted octanol–water partition coefficient (Wildman–Crippen LogP) is 5.08. The second-order valence-corrected chi connectivity index (χ2v) is 7.28. The molecule has 2 aromatic rings. The van der Waals surface area contributed by atoms with E-state index < -0.39 is 0 Å². The number of hydrogen-bond donors (Lipinski definition) is 0. The van der Waals surface area contributed by atoms with E-state index in [-0.39, 0.29) is 6.04 Å². The van der Waals surface area contributed by atoms with E-state index in [0.29, 0.717) is 5.92 Å². The molecule has 0 amide bonds. The largest absolute Gasteiger partial charge is 0.304 e. The second-order valence-electron chi connectivity index (χ2n) is 6.84. The molecule has 0 aliphatic carbocycles. The Balaban J connectivity index is 1.91. The fourth-order valence-corrected chi connectivity index (χ4v) is 3.99. The van der Waals surface area contributed by atoms with Gasteiger partial charge < -0.3 is 4.90 Å². The Morgan fingerprint density at radius 3 is 2.27 bits per heavy atom. The monoisotopic (exact) mass is 369 g/mol. The molecule has 0 aromatic heterocycles. The maximum Gasteiger partial charge on any atom is 0.0801 e. The fraction of sp³-hybridized carbons (Fsp3) is 0.409. The van der Waals surface area contributed by atoms with Gasteiger partial charge in [-0.15, -0.1) is 0 Å². The molecule has 0 bridgehead atoms. The van der Waals surface area contributed by atoms with Crippen LogP contribution in [0.3, 0.4) is 0 Å². The van der Waals surface area contributed by atoms with Crippen molar-refractivity contribution in [2.45, 2.75) is 26.3 Å². The molecule has 0 spiro atoms. The first-order valence-electron chi connectivity index (χ1n) is 9.48. The Bertz CT molecular complexity index is 723. The number of halogens is 1. The number of hydrazone groups is 1. The number of hydrogen-bond acceptors (Lipinski definition) is 3. The van der Waals surface area contributed by atoms with Crippen molar-refractivity contribution in [1.82, 2.24) is 9.91 Å². The Kier molecular flexibility index (Phi) is 6.33. The molecule has 2 aromatic carbocycles. The van der Waals surface area contributed by atoms with Crippen LogP contribution in [0.25, 0.3) is 0 Å². The van der Waals surface area contributed by atoms with E-state index in [1.165, 1.54) is 16.8 Å². The van der Waals surface area contributed by atoms with Crippen molar-refractivity contribution in [2.75, 3.05) is 26.7 Å². The van der Waals surface area contributed by atoms with Gasteiger partial charge in [0.15, 0.2) is 0 Å². The van der Waals surface area contributed by atoms with Crippen LogP contribution in [0.15, 0.2) is 59.7 Å². The lowest BCUT2D eigenvalue weighted by molar-refractivity contribution is 0.221. The standard InChI is InChI=1S/C22H28ClN3/c1-4-26(5-2)16-15-20-21(17-9-7-6-8-10-17)24-25(3)22(20)18-11-13-19(23)14-12-18/h6-14,20,22H,4-5,15-16H2,1-3H3/t20?,22-/m1/s1. The Labute approximate surface area is 162 Å². The molecule has 2 atom stereocenters. The average molecular weight is 370 g/mol. The summed E-state index contributed by atoms with van der Waals surface area (Å²) in [6.45, 7) is 7.71. The molecule has 1 aliphatic rings. The van der Waals surface area contributed by atoms with Gasteiger partial charge in [0.1, 0.15) is 0 Å². The summed E-state index contributed by atoms with van der Waals surface area (Å²) in [7, 11) is 2.08. The van der Waals surface area contributed by atoms with Crippen molar-refractivity contribution in [2.24, 2.45) is 11.0 Å². The first-order valence-corrected chi connectivity index (χ1v) is 9.86. The van der Waals surface area contributed by atoms with Gasteiger partial charge in [0.05, 0.1) is 11.8 Å². The Hall–Kier alpha value is -1.84. The van der Waals surface area contributed by atoms with Crippen LogP contribution >= 0.6 is 11.6 Å².